The minimum Gasteiger partial charge on any atom is -0.611 e. The van der Waals surface area contributed by atoms with Crippen molar-refractivity contribution in [2.45, 2.75) is 50.0 Å². The Morgan fingerprint density at radius 2 is 2.09 bits per heavy atom. The van der Waals surface area contributed by atoms with Crippen molar-refractivity contribution in [3.8, 4) is 0 Å². The number of aliphatic hydroxyl groups is 1. The van der Waals surface area contributed by atoms with Gasteiger partial charge in [0.25, 0.3) is 0 Å². The second-order valence-corrected chi connectivity index (χ2v) is 10.6. The summed E-state index contributed by atoms with van der Waals surface area (Å²) in [5.74, 6) is 1.83. The van der Waals surface area contributed by atoms with E-state index in [2.05, 4.69) is 15.4 Å². The van der Waals surface area contributed by atoms with E-state index < -0.39 is 11.2 Å². The third-order valence-electron chi connectivity index (χ3n) is 6.63. The van der Waals surface area contributed by atoms with E-state index >= 15 is 0 Å². The van der Waals surface area contributed by atoms with Gasteiger partial charge in [0.1, 0.15) is 17.3 Å². The van der Waals surface area contributed by atoms with Gasteiger partial charge in [-0.15, -0.1) is 0 Å². The van der Waals surface area contributed by atoms with Gasteiger partial charge in [0.15, 0.2) is 11.4 Å². The fraction of sp³-hybridized carbons (Fsp3) is 0.522. The summed E-state index contributed by atoms with van der Waals surface area (Å²) in [7, 11) is 0. The van der Waals surface area contributed by atoms with Crippen LogP contribution < -0.4 is 10.2 Å². The van der Waals surface area contributed by atoms with E-state index in [-0.39, 0.29) is 30.3 Å². The summed E-state index contributed by atoms with van der Waals surface area (Å²) in [6, 6.07) is 4.36. The Morgan fingerprint density at radius 3 is 2.82 bits per heavy atom. The molecule has 5 rings (SSSR count). The summed E-state index contributed by atoms with van der Waals surface area (Å²) in [5, 5.41) is 18.2. The number of aliphatic hydroxyl groups excluding tert-OH is 1. The van der Waals surface area contributed by atoms with Crippen LogP contribution in [0, 0.1) is 11.7 Å². The lowest BCUT2D eigenvalue weighted by molar-refractivity contribution is 0.248. The van der Waals surface area contributed by atoms with Crippen LogP contribution in [0.25, 0.3) is 11.0 Å². The number of nitrogens with zero attached hydrogens (tertiary/aromatic N) is 4. The third-order valence-corrected chi connectivity index (χ3v) is 8.09. The molecule has 8 nitrogen and oxygen atoms in total. The third kappa shape index (κ3) is 4.27. The van der Waals surface area contributed by atoms with E-state index in [1.54, 1.807) is 6.07 Å². The number of aryl methyl sites for hydroxylation is 1. The number of anilines is 2. The van der Waals surface area contributed by atoms with Crippen molar-refractivity contribution in [3.63, 3.8) is 0 Å². The molecule has 2 aromatic heterocycles. The molecular formula is C23H28FN5O3S. The molecule has 2 N–H and O–H groups in total. The highest BCUT2D eigenvalue weighted by Gasteiger charge is 2.34. The number of halogens is 1. The largest absolute Gasteiger partial charge is 0.611 e. The Labute approximate surface area is 194 Å². The molecule has 0 radical (unpaired) electrons. The summed E-state index contributed by atoms with van der Waals surface area (Å²) >= 11 is -1.13. The van der Waals surface area contributed by atoms with E-state index in [0.29, 0.717) is 34.4 Å². The summed E-state index contributed by atoms with van der Waals surface area (Å²) < 4.78 is 31.4. The highest BCUT2D eigenvalue weighted by Crippen LogP contribution is 2.36. The van der Waals surface area contributed by atoms with Crippen LogP contribution >= 0.6 is 0 Å². The van der Waals surface area contributed by atoms with E-state index in [1.165, 1.54) is 12.1 Å². The molecule has 176 valence electrons. The van der Waals surface area contributed by atoms with Crippen LogP contribution in [0.2, 0.25) is 0 Å². The van der Waals surface area contributed by atoms with Crippen LogP contribution in [-0.4, -0.2) is 56.3 Å². The zero-order valence-corrected chi connectivity index (χ0v) is 19.6. The second kappa shape index (κ2) is 9.08. The van der Waals surface area contributed by atoms with Crippen molar-refractivity contribution in [1.82, 2.24) is 15.1 Å². The topological polar surface area (TPSA) is 110 Å². The van der Waals surface area contributed by atoms with Gasteiger partial charge in [-0.1, -0.05) is 19.0 Å². The fourth-order valence-corrected chi connectivity index (χ4v) is 5.91. The quantitative estimate of drug-likeness (QED) is 0.525. The predicted octanol–water partition coefficient (Wildman–Crippen LogP) is 3.23. The van der Waals surface area contributed by atoms with Gasteiger partial charge in [0, 0.05) is 36.9 Å². The first-order valence-corrected chi connectivity index (χ1v) is 12.7. The zero-order valence-electron chi connectivity index (χ0n) is 18.8. The number of fused-ring (bicyclic) bond motifs is 2. The first-order valence-electron chi connectivity index (χ1n) is 11.4. The summed E-state index contributed by atoms with van der Waals surface area (Å²) in [6.07, 6.45) is 2.36. The van der Waals surface area contributed by atoms with Crippen LogP contribution in [0.1, 0.15) is 44.0 Å². The van der Waals surface area contributed by atoms with E-state index in [9.17, 15) is 14.0 Å². The molecule has 2 aliphatic heterocycles. The van der Waals surface area contributed by atoms with Crippen LogP contribution in [0.5, 0.6) is 0 Å². The van der Waals surface area contributed by atoms with Gasteiger partial charge in [-0.05, 0) is 42.1 Å². The smallest absolute Gasteiger partial charge is 0.227 e. The molecule has 3 aromatic rings. The summed E-state index contributed by atoms with van der Waals surface area (Å²) in [6.45, 7) is 5.52. The van der Waals surface area contributed by atoms with Crippen molar-refractivity contribution in [1.29, 1.82) is 0 Å². The molecule has 0 saturated carbocycles. The molecule has 2 atom stereocenters. The number of piperidine rings is 1. The SMILES string of the molecule is CC(C)[C@H](CO)Nc1nc(N2CCC(c3noc4cc(F)ccc34)CC2)nc2c1[S+]([O-])CC2. The molecule has 0 spiro atoms. The molecule has 0 aliphatic carbocycles. The average Bonchev–Trinajstić information content (AvgIpc) is 3.40. The lowest BCUT2D eigenvalue weighted by atomic mass is 9.92. The highest BCUT2D eigenvalue weighted by atomic mass is 32.2. The number of hydrogen-bond donors (Lipinski definition) is 2. The van der Waals surface area contributed by atoms with Crippen molar-refractivity contribution >= 4 is 33.9 Å². The van der Waals surface area contributed by atoms with Crippen LogP contribution in [0.4, 0.5) is 16.2 Å². The van der Waals surface area contributed by atoms with E-state index in [4.69, 9.17) is 14.5 Å². The maximum absolute atomic E-state index is 13.5. The Kier molecular flexibility index (Phi) is 6.15. The van der Waals surface area contributed by atoms with Gasteiger partial charge in [-0.2, -0.15) is 4.98 Å². The number of benzene rings is 1. The Morgan fingerprint density at radius 1 is 1.30 bits per heavy atom. The van der Waals surface area contributed by atoms with E-state index in [1.807, 2.05) is 13.8 Å². The molecule has 10 heteroatoms. The number of hydrogen-bond acceptors (Lipinski definition) is 8. The number of rotatable bonds is 6. The first-order chi connectivity index (χ1) is 15.9. The van der Waals surface area contributed by atoms with E-state index in [0.717, 1.165) is 42.7 Å². The molecule has 1 unspecified atom stereocenters. The summed E-state index contributed by atoms with van der Waals surface area (Å²) in [5.41, 5.74) is 2.18. The standard InChI is InChI=1S/C23H28FN5O3S/c1-13(2)18(12-30)25-22-21-17(7-10-33(21)31)26-23(27-22)29-8-5-14(6-9-29)20-16-4-3-15(24)11-19(16)32-28-20/h3-4,11,13-14,18,30H,5-10,12H2,1-2H3,(H,25,26,27)/t18-,33?/m0/s1. The fourth-order valence-electron chi connectivity index (χ4n) is 4.60. The van der Waals surface area contributed by atoms with Gasteiger partial charge in [0.05, 0.1) is 18.3 Å². The van der Waals surface area contributed by atoms with Crippen LogP contribution in [0.3, 0.4) is 0 Å². The minimum atomic E-state index is -1.13. The molecule has 2 aliphatic rings. The molecule has 33 heavy (non-hydrogen) atoms. The van der Waals surface area contributed by atoms with Gasteiger partial charge in [-0.3, -0.25) is 0 Å². The second-order valence-electron chi connectivity index (χ2n) is 9.09. The minimum absolute atomic E-state index is 0.0284. The molecule has 1 fully saturated rings. The van der Waals surface area contributed by atoms with Crippen molar-refractivity contribution in [2.75, 3.05) is 35.7 Å². The van der Waals surface area contributed by atoms with Crippen LogP contribution in [-0.2, 0) is 17.6 Å². The lowest BCUT2D eigenvalue weighted by Crippen LogP contribution is -2.35. The Bertz CT molecular complexity index is 1150. The molecule has 0 bridgehead atoms. The maximum Gasteiger partial charge on any atom is 0.227 e. The first kappa shape index (κ1) is 22.4. The summed E-state index contributed by atoms with van der Waals surface area (Å²) in [4.78, 5) is 12.3. The van der Waals surface area contributed by atoms with Gasteiger partial charge >= 0.3 is 0 Å². The maximum atomic E-state index is 13.5. The molecular weight excluding hydrogens is 445 g/mol. The van der Waals surface area contributed by atoms with Crippen molar-refractivity contribution < 1.29 is 18.6 Å². The Balaban J connectivity index is 1.36. The van der Waals surface area contributed by atoms with Crippen molar-refractivity contribution in [3.05, 3.63) is 35.4 Å². The predicted molar refractivity (Wildman–Crippen MR) is 125 cm³/mol. The molecule has 1 saturated heterocycles. The van der Waals surface area contributed by atoms with Gasteiger partial charge in [-0.25, -0.2) is 9.37 Å². The number of nitrogens with one attached hydrogen (secondary N) is 1. The average molecular weight is 474 g/mol. The highest BCUT2D eigenvalue weighted by molar-refractivity contribution is 7.91. The monoisotopic (exact) mass is 473 g/mol. The lowest BCUT2D eigenvalue weighted by Gasteiger charge is -2.32. The molecule has 4 heterocycles. The van der Waals surface area contributed by atoms with Crippen molar-refractivity contribution in [2.24, 2.45) is 5.92 Å². The molecule has 1 aromatic carbocycles. The van der Waals surface area contributed by atoms with Gasteiger partial charge < -0.3 is 24.4 Å². The zero-order chi connectivity index (χ0) is 23.1. The van der Waals surface area contributed by atoms with Gasteiger partial charge in [0.2, 0.25) is 10.8 Å². The van der Waals surface area contributed by atoms with Crippen LogP contribution in [0.15, 0.2) is 27.6 Å². The normalized spacial score (nSPS) is 19.9. The molecule has 0 amide bonds. The number of aromatic nitrogens is 3. The Hall–Kier alpha value is -2.43.